The maximum absolute atomic E-state index is 3.50. The van der Waals surface area contributed by atoms with E-state index in [4.69, 9.17) is 0 Å². The van der Waals surface area contributed by atoms with Crippen LogP contribution in [0.3, 0.4) is 0 Å². The van der Waals surface area contributed by atoms with Crippen LogP contribution < -0.4 is 5.32 Å². The lowest BCUT2D eigenvalue weighted by Gasteiger charge is -2.22. The molecule has 1 heterocycles. The van der Waals surface area contributed by atoms with Crippen molar-refractivity contribution in [2.45, 2.75) is 26.3 Å². The van der Waals surface area contributed by atoms with Gasteiger partial charge in [0.05, 0.1) is 0 Å². The third-order valence-electron chi connectivity index (χ3n) is 2.60. The smallest absolute Gasteiger partial charge is 0.0445 e. The highest BCUT2D eigenvalue weighted by Gasteiger charge is 2.11. The number of fused-ring (bicyclic) bond motifs is 1. The molecule has 1 heteroatoms. The lowest BCUT2D eigenvalue weighted by molar-refractivity contribution is 0.830. The first kappa shape index (κ1) is 8.36. The molecule has 1 unspecified atom stereocenters. The Bertz CT molecular complexity index is 339. The van der Waals surface area contributed by atoms with Crippen LogP contribution in [-0.4, -0.2) is 6.04 Å². The maximum atomic E-state index is 3.50. The minimum Gasteiger partial charge on any atom is -0.378 e. The van der Waals surface area contributed by atoms with E-state index in [0.29, 0.717) is 6.04 Å². The molecule has 1 atom stereocenters. The average molecular weight is 173 g/mol. The van der Waals surface area contributed by atoms with Gasteiger partial charge in [0, 0.05) is 17.3 Å². The van der Waals surface area contributed by atoms with Crippen LogP contribution in [0.4, 0.5) is 5.69 Å². The fourth-order valence-corrected chi connectivity index (χ4v) is 1.73. The Balaban J connectivity index is 2.40. The second-order valence-corrected chi connectivity index (χ2v) is 3.55. The summed E-state index contributed by atoms with van der Waals surface area (Å²) in [5, 5.41) is 3.50. The van der Waals surface area contributed by atoms with Crippen molar-refractivity contribution in [3.63, 3.8) is 0 Å². The summed E-state index contributed by atoms with van der Waals surface area (Å²) in [4.78, 5) is 0. The maximum Gasteiger partial charge on any atom is 0.0445 e. The van der Waals surface area contributed by atoms with Gasteiger partial charge in [-0.2, -0.15) is 0 Å². The van der Waals surface area contributed by atoms with Crippen LogP contribution in [0.5, 0.6) is 0 Å². The van der Waals surface area contributed by atoms with Gasteiger partial charge in [-0.25, -0.2) is 0 Å². The van der Waals surface area contributed by atoms with E-state index in [0.717, 1.165) is 6.42 Å². The van der Waals surface area contributed by atoms with Gasteiger partial charge >= 0.3 is 0 Å². The van der Waals surface area contributed by atoms with E-state index in [2.05, 4.69) is 49.5 Å². The summed E-state index contributed by atoms with van der Waals surface area (Å²) in [6.07, 6.45) is 5.62. The molecule has 0 fully saturated rings. The van der Waals surface area contributed by atoms with E-state index < -0.39 is 0 Å². The fraction of sp³-hybridized carbons (Fsp3) is 0.333. The quantitative estimate of drug-likeness (QED) is 0.687. The van der Waals surface area contributed by atoms with Crippen LogP contribution in [0.1, 0.15) is 24.5 Å². The van der Waals surface area contributed by atoms with Crippen molar-refractivity contribution in [1.82, 2.24) is 0 Å². The van der Waals surface area contributed by atoms with Gasteiger partial charge in [-0.1, -0.05) is 31.2 Å². The standard InChI is InChI=1S/C12H15N/c1-3-10-7-8-11-9(2)5-4-6-12(11)13-10/h4-8,10,13H,3H2,1-2H3. The number of benzene rings is 1. The highest BCUT2D eigenvalue weighted by atomic mass is 14.9. The summed E-state index contributed by atoms with van der Waals surface area (Å²) in [5.74, 6) is 0. The Hall–Kier alpha value is -1.24. The van der Waals surface area contributed by atoms with E-state index in [9.17, 15) is 0 Å². The Morgan fingerprint density at radius 2 is 2.23 bits per heavy atom. The largest absolute Gasteiger partial charge is 0.378 e. The van der Waals surface area contributed by atoms with E-state index in [1.165, 1.54) is 16.8 Å². The summed E-state index contributed by atoms with van der Waals surface area (Å²) < 4.78 is 0. The second-order valence-electron chi connectivity index (χ2n) is 3.55. The topological polar surface area (TPSA) is 12.0 Å². The third kappa shape index (κ3) is 1.46. The SMILES string of the molecule is CCC1C=Cc2c(C)cccc2N1. The van der Waals surface area contributed by atoms with Gasteiger partial charge in [0.15, 0.2) is 0 Å². The molecule has 0 saturated carbocycles. The monoisotopic (exact) mass is 173 g/mol. The van der Waals surface area contributed by atoms with Crippen LogP contribution in [0, 0.1) is 6.92 Å². The van der Waals surface area contributed by atoms with Crippen molar-refractivity contribution in [2.24, 2.45) is 0 Å². The van der Waals surface area contributed by atoms with Crippen molar-refractivity contribution in [3.05, 3.63) is 35.4 Å². The van der Waals surface area contributed by atoms with E-state index in [1.807, 2.05) is 0 Å². The van der Waals surface area contributed by atoms with Gasteiger partial charge in [-0.3, -0.25) is 0 Å². The van der Waals surface area contributed by atoms with E-state index in [1.54, 1.807) is 0 Å². The molecular weight excluding hydrogens is 158 g/mol. The predicted molar refractivity (Wildman–Crippen MR) is 57.9 cm³/mol. The molecule has 68 valence electrons. The number of hydrogen-bond donors (Lipinski definition) is 1. The lowest BCUT2D eigenvalue weighted by Crippen LogP contribution is -2.18. The molecule has 0 saturated heterocycles. The van der Waals surface area contributed by atoms with Gasteiger partial charge in [-0.05, 0) is 25.0 Å². The zero-order chi connectivity index (χ0) is 9.26. The molecule has 0 radical (unpaired) electrons. The van der Waals surface area contributed by atoms with Gasteiger partial charge < -0.3 is 5.32 Å². The molecule has 0 amide bonds. The van der Waals surface area contributed by atoms with Crippen molar-refractivity contribution in [1.29, 1.82) is 0 Å². The minimum absolute atomic E-state index is 0.509. The molecule has 1 aromatic carbocycles. The van der Waals surface area contributed by atoms with Crippen LogP contribution >= 0.6 is 0 Å². The summed E-state index contributed by atoms with van der Waals surface area (Å²) in [7, 11) is 0. The zero-order valence-electron chi connectivity index (χ0n) is 8.17. The Morgan fingerprint density at radius 1 is 1.38 bits per heavy atom. The van der Waals surface area contributed by atoms with E-state index in [-0.39, 0.29) is 0 Å². The van der Waals surface area contributed by atoms with Gasteiger partial charge in [0.1, 0.15) is 0 Å². The lowest BCUT2D eigenvalue weighted by atomic mass is 10.0. The fourth-order valence-electron chi connectivity index (χ4n) is 1.73. The Kier molecular flexibility index (Phi) is 2.09. The second kappa shape index (κ2) is 3.25. The van der Waals surface area contributed by atoms with Crippen molar-refractivity contribution in [3.8, 4) is 0 Å². The highest BCUT2D eigenvalue weighted by Crippen LogP contribution is 2.26. The molecule has 0 bridgehead atoms. The van der Waals surface area contributed by atoms with Crippen LogP contribution in [0.2, 0.25) is 0 Å². The normalized spacial score (nSPS) is 19.4. The van der Waals surface area contributed by atoms with Crippen molar-refractivity contribution < 1.29 is 0 Å². The number of rotatable bonds is 1. The van der Waals surface area contributed by atoms with Gasteiger partial charge in [-0.15, -0.1) is 0 Å². The number of anilines is 1. The summed E-state index contributed by atoms with van der Waals surface area (Å²) in [6.45, 7) is 4.35. The molecule has 1 N–H and O–H groups in total. The molecule has 2 rings (SSSR count). The molecule has 0 aliphatic carbocycles. The van der Waals surface area contributed by atoms with Gasteiger partial charge in [0.2, 0.25) is 0 Å². The molecule has 13 heavy (non-hydrogen) atoms. The van der Waals surface area contributed by atoms with E-state index >= 15 is 0 Å². The first-order valence-electron chi connectivity index (χ1n) is 4.85. The molecule has 1 aliphatic rings. The molecule has 0 spiro atoms. The highest BCUT2D eigenvalue weighted by molar-refractivity contribution is 5.73. The molecule has 0 aromatic heterocycles. The Morgan fingerprint density at radius 3 is 3.00 bits per heavy atom. The average Bonchev–Trinajstić information content (AvgIpc) is 2.18. The van der Waals surface area contributed by atoms with Crippen molar-refractivity contribution in [2.75, 3.05) is 5.32 Å². The van der Waals surface area contributed by atoms with Crippen LogP contribution in [0.25, 0.3) is 6.08 Å². The number of aryl methyl sites for hydroxylation is 1. The summed E-state index contributed by atoms with van der Waals surface area (Å²) in [6, 6.07) is 6.91. The first-order valence-corrected chi connectivity index (χ1v) is 4.85. The van der Waals surface area contributed by atoms with Crippen LogP contribution in [-0.2, 0) is 0 Å². The zero-order valence-corrected chi connectivity index (χ0v) is 8.17. The van der Waals surface area contributed by atoms with Gasteiger partial charge in [0.25, 0.3) is 0 Å². The number of hydrogen-bond acceptors (Lipinski definition) is 1. The summed E-state index contributed by atoms with van der Waals surface area (Å²) >= 11 is 0. The Labute approximate surface area is 79.5 Å². The number of nitrogens with one attached hydrogen (secondary N) is 1. The third-order valence-corrected chi connectivity index (χ3v) is 2.60. The van der Waals surface area contributed by atoms with Crippen molar-refractivity contribution >= 4 is 11.8 Å². The molecular formula is C12H15N. The summed E-state index contributed by atoms with van der Waals surface area (Å²) in [5.41, 5.74) is 3.96. The molecule has 1 nitrogen and oxygen atoms in total. The minimum atomic E-state index is 0.509. The van der Waals surface area contributed by atoms with Crippen LogP contribution in [0.15, 0.2) is 24.3 Å². The molecule has 1 aromatic rings. The first-order chi connectivity index (χ1) is 6.31. The molecule has 1 aliphatic heterocycles. The predicted octanol–water partition coefficient (Wildman–Crippen LogP) is 3.21.